The molecule has 1 aliphatic rings. The van der Waals surface area contributed by atoms with Crippen molar-refractivity contribution in [3.05, 3.63) is 29.8 Å². The van der Waals surface area contributed by atoms with Gasteiger partial charge in [0.1, 0.15) is 0 Å². The highest BCUT2D eigenvalue weighted by atomic mass is 19.4. The highest BCUT2D eigenvalue weighted by Crippen LogP contribution is 2.32. The molecular formula is C11H8F3NO4. The number of benzene rings is 1. The normalized spacial score (nSPS) is 19.4. The van der Waals surface area contributed by atoms with Crippen LogP contribution in [0.15, 0.2) is 24.3 Å². The molecule has 0 aromatic heterocycles. The molecule has 1 aromatic carbocycles. The number of hydrogen-bond acceptors (Lipinski definition) is 3. The Kier molecular flexibility index (Phi) is 3.09. The van der Waals surface area contributed by atoms with Crippen LogP contribution in [0.1, 0.15) is 5.56 Å². The molecule has 0 unspecified atom stereocenters. The van der Waals surface area contributed by atoms with Crippen LogP contribution in [-0.2, 0) is 15.7 Å². The molecule has 0 radical (unpaired) electrons. The number of nitrogens with zero attached hydrogens (tertiary/aromatic N) is 1. The van der Waals surface area contributed by atoms with E-state index in [0.717, 1.165) is 23.1 Å². The molecule has 1 aromatic rings. The number of alkyl halides is 3. The fraction of sp³-hybridized carbons (Fsp3) is 0.273. The molecule has 1 fully saturated rings. The number of carbonyl (C=O) groups excluding carboxylic acids is 1. The van der Waals surface area contributed by atoms with Crippen molar-refractivity contribution in [2.75, 3.05) is 11.4 Å². The third kappa shape index (κ3) is 2.61. The van der Waals surface area contributed by atoms with Crippen LogP contribution in [0.2, 0.25) is 0 Å². The molecule has 102 valence electrons. The Morgan fingerprint density at radius 3 is 2.63 bits per heavy atom. The highest BCUT2D eigenvalue weighted by molar-refractivity contribution is 5.93. The summed E-state index contributed by atoms with van der Waals surface area (Å²) >= 11 is 0. The van der Waals surface area contributed by atoms with E-state index in [1.54, 1.807) is 0 Å². The largest absolute Gasteiger partial charge is 0.478 e. The zero-order chi connectivity index (χ0) is 14.2. The Morgan fingerprint density at radius 1 is 1.42 bits per heavy atom. The number of aliphatic carboxylic acids is 1. The fourth-order valence-corrected chi connectivity index (χ4v) is 1.65. The van der Waals surface area contributed by atoms with Crippen LogP contribution in [0.5, 0.6) is 0 Å². The van der Waals surface area contributed by atoms with Gasteiger partial charge in [-0.15, -0.1) is 0 Å². The highest BCUT2D eigenvalue weighted by Gasteiger charge is 2.38. The third-order valence-corrected chi connectivity index (χ3v) is 2.57. The van der Waals surface area contributed by atoms with Crippen molar-refractivity contribution in [1.82, 2.24) is 0 Å². The summed E-state index contributed by atoms with van der Waals surface area (Å²) in [6.45, 7) is -0.324. The van der Waals surface area contributed by atoms with Gasteiger partial charge in [-0.2, -0.15) is 13.2 Å². The van der Waals surface area contributed by atoms with E-state index in [2.05, 4.69) is 4.74 Å². The Balaban J connectivity index is 2.28. The average Bonchev–Trinajstić information content (AvgIpc) is 2.71. The predicted octanol–water partition coefficient (Wildman–Crippen LogP) is 2.12. The van der Waals surface area contributed by atoms with Crippen LogP contribution in [0.4, 0.5) is 23.7 Å². The van der Waals surface area contributed by atoms with Crippen molar-refractivity contribution in [3.8, 4) is 0 Å². The topological polar surface area (TPSA) is 66.8 Å². The molecule has 1 amide bonds. The number of rotatable bonds is 2. The molecule has 0 aliphatic carbocycles. The minimum atomic E-state index is -4.54. The van der Waals surface area contributed by atoms with Gasteiger partial charge in [-0.05, 0) is 18.2 Å². The first-order chi connectivity index (χ1) is 8.79. The summed E-state index contributed by atoms with van der Waals surface area (Å²) in [7, 11) is 0. The lowest BCUT2D eigenvalue weighted by Crippen LogP contribution is -2.27. The van der Waals surface area contributed by atoms with Crippen molar-refractivity contribution in [2.45, 2.75) is 12.3 Å². The molecule has 1 heterocycles. The van der Waals surface area contributed by atoms with Crippen LogP contribution < -0.4 is 4.90 Å². The SMILES string of the molecule is O=C(O)[C@@H]1CN(c2cccc(C(F)(F)F)c2)C(=O)O1. The number of halogens is 3. The Hall–Kier alpha value is -2.25. The van der Waals surface area contributed by atoms with Crippen LogP contribution in [0.3, 0.4) is 0 Å². The maximum Gasteiger partial charge on any atom is 0.416 e. The van der Waals surface area contributed by atoms with Crippen molar-refractivity contribution in [1.29, 1.82) is 0 Å². The molecule has 19 heavy (non-hydrogen) atoms. The second kappa shape index (κ2) is 4.45. The lowest BCUT2D eigenvalue weighted by Gasteiger charge is -2.14. The van der Waals surface area contributed by atoms with Gasteiger partial charge in [-0.3, -0.25) is 4.90 Å². The fourth-order valence-electron chi connectivity index (χ4n) is 1.65. The zero-order valence-corrected chi connectivity index (χ0v) is 9.35. The van der Waals surface area contributed by atoms with Crippen LogP contribution in [-0.4, -0.2) is 29.8 Å². The molecule has 0 spiro atoms. The van der Waals surface area contributed by atoms with Crippen LogP contribution in [0.25, 0.3) is 0 Å². The molecule has 1 saturated heterocycles. The monoisotopic (exact) mass is 275 g/mol. The minimum Gasteiger partial charge on any atom is -0.478 e. The molecule has 8 heteroatoms. The lowest BCUT2D eigenvalue weighted by atomic mass is 10.2. The molecule has 5 nitrogen and oxygen atoms in total. The lowest BCUT2D eigenvalue weighted by molar-refractivity contribution is -0.144. The molecule has 1 aliphatic heterocycles. The van der Waals surface area contributed by atoms with Gasteiger partial charge in [0.15, 0.2) is 0 Å². The number of carboxylic acid groups (broad SMARTS) is 1. The summed E-state index contributed by atoms with van der Waals surface area (Å²) in [5.74, 6) is -1.34. The van der Waals surface area contributed by atoms with Gasteiger partial charge >= 0.3 is 18.2 Å². The van der Waals surface area contributed by atoms with E-state index < -0.39 is 29.9 Å². The molecule has 0 bridgehead atoms. The summed E-state index contributed by atoms with van der Waals surface area (Å²) in [5, 5.41) is 8.70. The molecule has 2 rings (SSSR count). The number of anilines is 1. The van der Waals surface area contributed by atoms with Crippen molar-refractivity contribution in [3.63, 3.8) is 0 Å². The molecule has 1 atom stereocenters. The first-order valence-electron chi connectivity index (χ1n) is 5.17. The van der Waals surface area contributed by atoms with E-state index in [1.165, 1.54) is 6.07 Å². The smallest absolute Gasteiger partial charge is 0.416 e. The standard InChI is InChI=1S/C11H8F3NO4/c12-11(13,14)6-2-1-3-7(4-6)15-5-8(9(16)17)19-10(15)18/h1-4,8H,5H2,(H,16,17)/t8-/m0/s1. The first-order valence-corrected chi connectivity index (χ1v) is 5.17. The van der Waals surface area contributed by atoms with E-state index >= 15 is 0 Å². The van der Waals surface area contributed by atoms with E-state index in [1.807, 2.05) is 0 Å². The predicted molar refractivity (Wildman–Crippen MR) is 56.7 cm³/mol. The number of cyclic esters (lactones) is 1. The summed E-state index contributed by atoms with van der Waals surface area (Å²) in [4.78, 5) is 22.9. The summed E-state index contributed by atoms with van der Waals surface area (Å²) in [6, 6.07) is 4.05. The second-order valence-corrected chi connectivity index (χ2v) is 3.87. The van der Waals surface area contributed by atoms with E-state index in [-0.39, 0.29) is 12.2 Å². The van der Waals surface area contributed by atoms with Crippen molar-refractivity contribution >= 4 is 17.7 Å². The third-order valence-electron chi connectivity index (χ3n) is 2.57. The Bertz CT molecular complexity index is 529. The average molecular weight is 275 g/mol. The van der Waals surface area contributed by atoms with Gasteiger partial charge in [-0.25, -0.2) is 9.59 Å². The van der Waals surface area contributed by atoms with Gasteiger partial charge in [0, 0.05) is 5.69 Å². The van der Waals surface area contributed by atoms with Gasteiger partial charge in [0.25, 0.3) is 0 Å². The van der Waals surface area contributed by atoms with Crippen LogP contribution in [0, 0.1) is 0 Å². The Morgan fingerprint density at radius 2 is 2.11 bits per heavy atom. The maximum absolute atomic E-state index is 12.5. The minimum absolute atomic E-state index is 0.0522. The van der Waals surface area contributed by atoms with Gasteiger partial charge in [0.05, 0.1) is 12.1 Å². The van der Waals surface area contributed by atoms with Gasteiger partial charge in [0.2, 0.25) is 6.10 Å². The number of ether oxygens (including phenoxy) is 1. The zero-order valence-electron chi connectivity index (χ0n) is 9.35. The summed E-state index contributed by atoms with van der Waals surface area (Å²) < 4.78 is 42.1. The molecule has 0 saturated carbocycles. The van der Waals surface area contributed by atoms with E-state index in [0.29, 0.717) is 0 Å². The van der Waals surface area contributed by atoms with Gasteiger partial charge in [-0.1, -0.05) is 6.07 Å². The maximum atomic E-state index is 12.5. The summed E-state index contributed by atoms with van der Waals surface area (Å²) in [6.07, 6.45) is -6.89. The number of amides is 1. The Labute approximate surface area is 105 Å². The quantitative estimate of drug-likeness (QED) is 0.897. The number of carbonyl (C=O) groups is 2. The van der Waals surface area contributed by atoms with E-state index in [4.69, 9.17) is 5.11 Å². The van der Waals surface area contributed by atoms with Crippen molar-refractivity contribution in [2.24, 2.45) is 0 Å². The molecule has 1 N–H and O–H groups in total. The first kappa shape index (κ1) is 13.2. The van der Waals surface area contributed by atoms with Crippen molar-refractivity contribution < 1.29 is 32.6 Å². The second-order valence-electron chi connectivity index (χ2n) is 3.87. The summed E-state index contributed by atoms with van der Waals surface area (Å²) in [5.41, 5.74) is -0.972. The molecular weight excluding hydrogens is 267 g/mol. The van der Waals surface area contributed by atoms with Crippen LogP contribution >= 0.6 is 0 Å². The van der Waals surface area contributed by atoms with Gasteiger partial charge < -0.3 is 9.84 Å². The number of carboxylic acids is 1. The number of hydrogen-bond donors (Lipinski definition) is 1. The van der Waals surface area contributed by atoms with E-state index in [9.17, 15) is 22.8 Å².